The summed E-state index contributed by atoms with van der Waals surface area (Å²) < 4.78 is 0. The minimum atomic E-state index is -0.821. The van der Waals surface area contributed by atoms with E-state index in [9.17, 15) is 9.59 Å². The van der Waals surface area contributed by atoms with E-state index in [2.05, 4.69) is 26.1 Å². The van der Waals surface area contributed by atoms with Gasteiger partial charge in [-0.3, -0.25) is 4.79 Å². The summed E-state index contributed by atoms with van der Waals surface area (Å²) in [6.07, 6.45) is 5.03. The van der Waals surface area contributed by atoms with Crippen molar-refractivity contribution in [1.29, 1.82) is 0 Å². The van der Waals surface area contributed by atoms with E-state index in [-0.39, 0.29) is 12.5 Å². The van der Waals surface area contributed by atoms with E-state index in [1.54, 1.807) is 4.90 Å². The van der Waals surface area contributed by atoms with Crippen molar-refractivity contribution in [3.8, 4) is 0 Å². The number of hydrogen-bond donors (Lipinski definition) is 2. The second-order valence-electron chi connectivity index (χ2n) is 7.21. The Morgan fingerprint density at radius 2 is 1.76 bits per heavy atom. The van der Waals surface area contributed by atoms with Gasteiger partial charge < -0.3 is 15.3 Å². The van der Waals surface area contributed by atoms with Gasteiger partial charge in [0.25, 0.3) is 0 Å². The number of amides is 2. The summed E-state index contributed by atoms with van der Waals surface area (Å²) in [5.74, 6) is -0.0844. The van der Waals surface area contributed by atoms with E-state index in [4.69, 9.17) is 5.11 Å². The number of hydrogen-bond acceptors (Lipinski definition) is 2. The fourth-order valence-corrected chi connectivity index (χ4v) is 3.05. The van der Waals surface area contributed by atoms with E-state index in [1.165, 1.54) is 12.8 Å². The van der Waals surface area contributed by atoms with Crippen molar-refractivity contribution < 1.29 is 14.7 Å². The van der Waals surface area contributed by atoms with E-state index >= 15 is 0 Å². The third-order valence-corrected chi connectivity index (χ3v) is 4.63. The zero-order valence-electron chi connectivity index (χ0n) is 13.8. The highest BCUT2D eigenvalue weighted by atomic mass is 16.4. The summed E-state index contributed by atoms with van der Waals surface area (Å²) in [5.41, 5.74) is 0.350. The van der Waals surface area contributed by atoms with Crippen LogP contribution in [-0.2, 0) is 4.79 Å². The summed E-state index contributed by atoms with van der Waals surface area (Å²) >= 11 is 0. The number of carboxylic acids is 1. The predicted octanol–water partition coefficient (Wildman–Crippen LogP) is 3.10. The smallest absolute Gasteiger partial charge is 0.317 e. The summed E-state index contributed by atoms with van der Waals surface area (Å²) in [6.45, 7) is 7.29. The number of urea groups is 1. The quantitative estimate of drug-likeness (QED) is 0.766. The second-order valence-corrected chi connectivity index (χ2v) is 7.21. The molecule has 0 saturated heterocycles. The minimum Gasteiger partial charge on any atom is -0.481 e. The van der Waals surface area contributed by atoms with Crippen LogP contribution in [0.15, 0.2) is 0 Å². The normalized spacial score (nSPS) is 22.7. The van der Waals surface area contributed by atoms with Crippen LogP contribution < -0.4 is 5.32 Å². The maximum atomic E-state index is 12.0. The molecule has 0 aliphatic heterocycles. The van der Waals surface area contributed by atoms with Crippen LogP contribution in [0.2, 0.25) is 0 Å². The fourth-order valence-electron chi connectivity index (χ4n) is 3.05. The summed E-state index contributed by atoms with van der Waals surface area (Å²) in [5, 5.41) is 11.4. The van der Waals surface area contributed by atoms with Gasteiger partial charge in [-0.25, -0.2) is 4.79 Å². The first-order valence-electron chi connectivity index (χ1n) is 7.94. The molecular formula is C16H30N2O3. The van der Waals surface area contributed by atoms with Gasteiger partial charge >= 0.3 is 12.0 Å². The Labute approximate surface area is 128 Å². The van der Waals surface area contributed by atoms with Crippen molar-refractivity contribution in [2.24, 2.45) is 11.3 Å². The number of aliphatic carboxylic acids is 1. The predicted molar refractivity (Wildman–Crippen MR) is 83.2 cm³/mol. The van der Waals surface area contributed by atoms with Crippen molar-refractivity contribution in [3.63, 3.8) is 0 Å². The van der Waals surface area contributed by atoms with E-state index in [1.807, 2.05) is 7.05 Å². The van der Waals surface area contributed by atoms with Gasteiger partial charge in [0.2, 0.25) is 0 Å². The van der Waals surface area contributed by atoms with Gasteiger partial charge in [0.1, 0.15) is 0 Å². The zero-order valence-corrected chi connectivity index (χ0v) is 13.8. The van der Waals surface area contributed by atoms with Gasteiger partial charge in [-0.15, -0.1) is 0 Å². The molecule has 1 fully saturated rings. The highest BCUT2D eigenvalue weighted by molar-refractivity contribution is 5.74. The van der Waals surface area contributed by atoms with Crippen LogP contribution in [0.5, 0.6) is 0 Å². The van der Waals surface area contributed by atoms with Crippen molar-refractivity contribution in [1.82, 2.24) is 10.2 Å². The maximum absolute atomic E-state index is 12.0. The van der Waals surface area contributed by atoms with Gasteiger partial charge in [-0.1, -0.05) is 20.8 Å². The van der Waals surface area contributed by atoms with Crippen molar-refractivity contribution in [2.45, 2.75) is 65.3 Å². The molecule has 2 amide bonds. The highest BCUT2D eigenvalue weighted by Crippen LogP contribution is 2.38. The lowest BCUT2D eigenvalue weighted by Crippen LogP contribution is -2.46. The molecule has 0 aromatic heterocycles. The molecule has 1 aliphatic carbocycles. The van der Waals surface area contributed by atoms with Crippen molar-refractivity contribution >= 4 is 12.0 Å². The molecule has 1 aliphatic rings. The third-order valence-electron chi connectivity index (χ3n) is 4.63. The Balaban J connectivity index is 2.31. The lowest BCUT2D eigenvalue weighted by molar-refractivity contribution is -0.137. The molecule has 0 aromatic carbocycles. The first-order valence-corrected chi connectivity index (χ1v) is 7.94. The van der Waals surface area contributed by atoms with Gasteiger partial charge in [0, 0.05) is 26.1 Å². The van der Waals surface area contributed by atoms with E-state index in [0.29, 0.717) is 24.4 Å². The van der Waals surface area contributed by atoms with Crippen LogP contribution >= 0.6 is 0 Å². The molecule has 2 N–H and O–H groups in total. The second kappa shape index (κ2) is 7.66. The average molecular weight is 298 g/mol. The summed E-state index contributed by atoms with van der Waals surface area (Å²) in [6, 6.07) is 0.225. The Morgan fingerprint density at radius 3 is 2.24 bits per heavy atom. The van der Waals surface area contributed by atoms with E-state index in [0.717, 1.165) is 18.8 Å². The fraction of sp³-hybridized carbons (Fsp3) is 0.875. The average Bonchev–Trinajstić information content (AvgIpc) is 2.41. The third kappa shape index (κ3) is 5.94. The molecule has 21 heavy (non-hydrogen) atoms. The molecule has 0 atom stereocenters. The number of carboxylic acid groups (broad SMARTS) is 1. The molecule has 0 aromatic rings. The Morgan fingerprint density at radius 1 is 1.19 bits per heavy atom. The Bertz CT molecular complexity index is 355. The molecule has 0 unspecified atom stereocenters. The lowest BCUT2D eigenvalue weighted by Gasteiger charge is -2.39. The largest absolute Gasteiger partial charge is 0.481 e. The number of carbonyl (C=O) groups excluding carboxylic acids is 1. The monoisotopic (exact) mass is 298 g/mol. The molecule has 1 rings (SSSR count). The SMILES string of the molecule is CN(C(=O)NCCCC(=O)O)C1CCC(C(C)(C)C)CC1. The van der Waals surface area contributed by atoms with Crippen LogP contribution in [0.3, 0.4) is 0 Å². The summed E-state index contributed by atoms with van der Waals surface area (Å²) in [7, 11) is 1.84. The topological polar surface area (TPSA) is 69.6 Å². The standard InChI is InChI=1S/C16H30N2O3/c1-16(2,3)12-7-9-13(10-8-12)18(4)15(21)17-11-5-6-14(19)20/h12-13H,5-11H2,1-4H3,(H,17,21)(H,19,20). The molecule has 122 valence electrons. The molecule has 0 heterocycles. The number of rotatable bonds is 5. The van der Waals surface area contributed by atoms with Crippen LogP contribution in [0.1, 0.15) is 59.3 Å². The van der Waals surface area contributed by atoms with Gasteiger partial charge in [0.15, 0.2) is 0 Å². The minimum absolute atomic E-state index is 0.0837. The van der Waals surface area contributed by atoms with Crippen LogP contribution in [0, 0.1) is 11.3 Å². The molecule has 5 nitrogen and oxygen atoms in total. The number of carbonyl (C=O) groups is 2. The lowest BCUT2D eigenvalue weighted by atomic mass is 9.71. The Kier molecular flexibility index (Phi) is 6.49. The van der Waals surface area contributed by atoms with Gasteiger partial charge in [0.05, 0.1) is 0 Å². The molecule has 1 saturated carbocycles. The molecule has 5 heteroatoms. The first-order chi connectivity index (χ1) is 9.71. The maximum Gasteiger partial charge on any atom is 0.317 e. The van der Waals surface area contributed by atoms with Crippen molar-refractivity contribution in [3.05, 3.63) is 0 Å². The molecule has 0 bridgehead atoms. The number of nitrogens with one attached hydrogen (secondary N) is 1. The zero-order chi connectivity index (χ0) is 16.0. The Hall–Kier alpha value is -1.26. The molecule has 0 spiro atoms. The van der Waals surface area contributed by atoms with E-state index < -0.39 is 5.97 Å². The molecular weight excluding hydrogens is 268 g/mol. The first kappa shape index (κ1) is 17.8. The summed E-state index contributed by atoms with van der Waals surface area (Å²) in [4.78, 5) is 24.2. The van der Waals surface area contributed by atoms with Crippen molar-refractivity contribution in [2.75, 3.05) is 13.6 Å². The molecule has 0 radical (unpaired) electrons. The van der Waals surface area contributed by atoms with Crippen LogP contribution in [-0.4, -0.2) is 41.6 Å². The van der Waals surface area contributed by atoms with Gasteiger partial charge in [-0.2, -0.15) is 0 Å². The van der Waals surface area contributed by atoms with Gasteiger partial charge in [-0.05, 0) is 43.4 Å². The van der Waals surface area contributed by atoms with Crippen LogP contribution in [0.4, 0.5) is 4.79 Å². The highest BCUT2D eigenvalue weighted by Gasteiger charge is 2.32. The van der Waals surface area contributed by atoms with Crippen LogP contribution in [0.25, 0.3) is 0 Å². The number of nitrogens with zero attached hydrogens (tertiary/aromatic N) is 1.